The lowest BCUT2D eigenvalue weighted by Crippen LogP contribution is -2.45. The first-order valence-electron chi connectivity index (χ1n) is 12.6. The van der Waals surface area contributed by atoms with Crippen LogP contribution in [0.5, 0.6) is 0 Å². The molecule has 9 heteroatoms. The number of nitrogens with zero attached hydrogens (tertiary/aromatic N) is 5. The van der Waals surface area contributed by atoms with Gasteiger partial charge in [-0.2, -0.15) is 0 Å². The molecule has 35 heavy (non-hydrogen) atoms. The molecule has 1 aromatic heterocycles. The van der Waals surface area contributed by atoms with Crippen molar-refractivity contribution < 1.29 is 19.1 Å². The Morgan fingerprint density at radius 2 is 1.91 bits per heavy atom. The minimum absolute atomic E-state index is 0.0333. The van der Waals surface area contributed by atoms with Crippen molar-refractivity contribution >= 4 is 17.5 Å². The molecule has 0 bridgehead atoms. The maximum absolute atomic E-state index is 13.4. The largest absolute Gasteiger partial charge is 0.381 e. The molecule has 0 spiro atoms. The highest BCUT2D eigenvalue weighted by atomic mass is 16.5. The lowest BCUT2D eigenvalue weighted by Gasteiger charge is -2.36. The maximum Gasteiger partial charge on any atom is 0.252 e. The van der Waals surface area contributed by atoms with Crippen LogP contribution in [-0.4, -0.2) is 90.3 Å². The van der Waals surface area contributed by atoms with Crippen LogP contribution in [0.2, 0.25) is 0 Å². The van der Waals surface area contributed by atoms with Crippen LogP contribution in [0.4, 0.5) is 5.69 Å². The van der Waals surface area contributed by atoms with Crippen LogP contribution < -0.4 is 4.90 Å². The summed E-state index contributed by atoms with van der Waals surface area (Å²) in [6, 6.07) is 8.36. The zero-order valence-electron chi connectivity index (χ0n) is 20.7. The van der Waals surface area contributed by atoms with Gasteiger partial charge in [-0.15, -0.1) is 0 Å². The quantitative estimate of drug-likeness (QED) is 0.627. The number of aromatic nitrogens is 2. The molecule has 0 atom stereocenters. The Labute approximate surface area is 207 Å². The van der Waals surface area contributed by atoms with E-state index in [-0.39, 0.29) is 18.4 Å². The number of imidazole rings is 1. The smallest absolute Gasteiger partial charge is 0.252 e. The molecule has 0 saturated carbocycles. The van der Waals surface area contributed by atoms with E-state index in [1.54, 1.807) is 19.6 Å². The van der Waals surface area contributed by atoms with Crippen molar-refractivity contribution in [3.05, 3.63) is 48.5 Å². The molecule has 2 amide bonds. The van der Waals surface area contributed by atoms with Crippen LogP contribution >= 0.6 is 0 Å². The van der Waals surface area contributed by atoms with E-state index in [2.05, 4.69) is 9.88 Å². The fourth-order valence-electron chi connectivity index (χ4n) is 5.00. The third-order valence-electron chi connectivity index (χ3n) is 6.90. The fraction of sp³-hybridized carbons (Fsp3) is 0.577. The van der Waals surface area contributed by atoms with Gasteiger partial charge in [-0.05, 0) is 30.9 Å². The van der Waals surface area contributed by atoms with Gasteiger partial charge in [0.05, 0.1) is 6.33 Å². The van der Waals surface area contributed by atoms with Gasteiger partial charge in [0.1, 0.15) is 6.61 Å². The van der Waals surface area contributed by atoms with Gasteiger partial charge in [0.15, 0.2) is 0 Å². The Balaban J connectivity index is 1.58. The highest BCUT2D eigenvalue weighted by Crippen LogP contribution is 2.25. The van der Waals surface area contributed by atoms with Gasteiger partial charge in [0, 0.05) is 90.1 Å². The van der Waals surface area contributed by atoms with Gasteiger partial charge >= 0.3 is 0 Å². The third-order valence-corrected chi connectivity index (χ3v) is 6.90. The van der Waals surface area contributed by atoms with Crippen LogP contribution in [-0.2, 0) is 32.2 Å². The minimum Gasteiger partial charge on any atom is -0.381 e. The van der Waals surface area contributed by atoms with Gasteiger partial charge in [0.25, 0.3) is 5.91 Å². The van der Waals surface area contributed by atoms with E-state index in [4.69, 9.17) is 9.47 Å². The van der Waals surface area contributed by atoms with Crippen molar-refractivity contribution in [2.45, 2.75) is 44.8 Å². The Kier molecular flexibility index (Phi) is 9.28. The first kappa shape index (κ1) is 25.3. The van der Waals surface area contributed by atoms with E-state index >= 15 is 0 Å². The van der Waals surface area contributed by atoms with Crippen molar-refractivity contribution in [3.8, 4) is 0 Å². The first-order valence-corrected chi connectivity index (χ1v) is 12.6. The van der Waals surface area contributed by atoms with Crippen LogP contribution in [0.1, 0.15) is 31.2 Å². The number of aryl methyl sites for hydroxylation is 1. The number of methoxy groups -OCH3 is 1. The molecule has 9 nitrogen and oxygen atoms in total. The molecule has 2 aliphatic heterocycles. The third kappa shape index (κ3) is 6.90. The molecular formula is C26H37N5O4. The summed E-state index contributed by atoms with van der Waals surface area (Å²) in [5, 5.41) is 0. The summed E-state index contributed by atoms with van der Waals surface area (Å²) >= 11 is 0. The number of amides is 2. The second kappa shape index (κ2) is 12.8. The number of benzene rings is 1. The average Bonchev–Trinajstić information content (AvgIpc) is 3.39. The standard InChI is InChI=1S/C26H37N5O4/c1-34-20-26(33)31-12-4-11-29(23-8-17-35-18-9-23)15-16-30(19-22-5-2-3-6-24(22)31)25(32)7-13-28-14-10-27-21-28/h2-3,5-6,10,14,21,23H,4,7-9,11-13,15-20H2,1H3. The number of para-hydroxylation sites is 1. The van der Waals surface area contributed by atoms with Gasteiger partial charge in [-0.3, -0.25) is 14.5 Å². The summed E-state index contributed by atoms with van der Waals surface area (Å²) in [7, 11) is 1.55. The number of anilines is 1. The van der Waals surface area contributed by atoms with Crippen molar-refractivity contribution in [1.29, 1.82) is 0 Å². The van der Waals surface area contributed by atoms with Crippen LogP contribution in [0.25, 0.3) is 0 Å². The highest BCUT2D eigenvalue weighted by Gasteiger charge is 2.26. The second-order valence-electron chi connectivity index (χ2n) is 9.21. The Bertz CT molecular complexity index is 945. The SMILES string of the molecule is COCC(=O)N1CCCN(C2CCOCC2)CCN(C(=O)CCn2ccnc2)Cc2ccccc21. The molecule has 190 valence electrons. The zero-order valence-corrected chi connectivity index (χ0v) is 20.7. The number of hydrogen-bond acceptors (Lipinski definition) is 6. The first-order chi connectivity index (χ1) is 17.2. The van der Waals surface area contributed by atoms with Gasteiger partial charge < -0.3 is 23.8 Å². The predicted molar refractivity (Wildman–Crippen MR) is 133 cm³/mol. The molecule has 3 heterocycles. The van der Waals surface area contributed by atoms with Gasteiger partial charge in [0.2, 0.25) is 5.91 Å². The number of fused-ring (bicyclic) bond motifs is 1. The van der Waals surface area contributed by atoms with Gasteiger partial charge in [-0.25, -0.2) is 4.98 Å². The molecule has 2 aliphatic rings. The molecule has 1 saturated heterocycles. The van der Waals surface area contributed by atoms with E-state index in [1.807, 2.05) is 44.8 Å². The summed E-state index contributed by atoms with van der Waals surface area (Å²) in [4.78, 5) is 36.8. The summed E-state index contributed by atoms with van der Waals surface area (Å²) in [6.45, 7) is 5.61. The second-order valence-corrected chi connectivity index (χ2v) is 9.21. The molecule has 2 aromatic rings. The molecule has 1 fully saturated rings. The lowest BCUT2D eigenvalue weighted by atomic mass is 10.1. The number of hydrogen-bond donors (Lipinski definition) is 0. The summed E-state index contributed by atoms with van der Waals surface area (Å²) in [5.41, 5.74) is 1.84. The Morgan fingerprint density at radius 3 is 2.69 bits per heavy atom. The lowest BCUT2D eigenvalue weighted by molar-refractivity contribution is -0.132. The number of carbonyl (C=O) groups is 2. The monoisotopic (exact) mass is 483 g/mol. The molecule has 1 aromatic carbocycles. The van der Waals surface area contributed by atoms with Crippen molar-refractivity contribution in [3.63, 3.8) is 0 Å². The normalized spacial score (nSPS) is 18.7. The molecule has 0 aliphatic carbocycles. The van der Waals surface area contributed by atoms with E-state index in [1.165, 1.54) is 0 Å². The van der Waals surface area contributed by atoms with E-state index in [9.17, 15) is 9.59 Å². The molecule has 0 radical (unpaired) electrons. The molecular weight excluding hydrogens is 446 g/mol. The van der Waals surface area contributed by atoms with Crippen molar-refractivity contribution in [2.24, 2.45) is 0 Å². The van der Waals surface area contributed by atoms with E-state index in [0.717, 1.165) is 56.8 Å². The predicted octanol–water partition coefficient (Wildman–Crippen LogP) is 2.17. The number of rotatable bonds is 6. The van der Waals surface area contributed by atoms with Crippen LogP contribution in [0.3, 0.4) is 0 Å². The topological polar surface area (TPSA) is 80.1 Å². The fourth-order valence-corrected chi connectivity index (χ4v) is 5.00. The van der Waals surface area contributed by atoms with Crippen LogP contribution in [0.15, 0.2) is 43.0 Å². The summed E-state index contributed by atoms with van der Waals surface area (Å²) in [6.07, 6.45) is 8.61. The van der Waals surface area contributed by atoms with Gasteiger partial charge in [-0.1, -0.05) is 18.2 Å². The zero-order chi connectivity index (χ0) is 24.5. The molecule has 0 unspecified atom stereocenters. The maximum atomic E-state index is 13.4. The van der Waals surface area contributed by atoms with Crippen LogP contribution in [0, 0.1) is 0 Å². The van der Waals surface area contributed by atoms with E-state index in [0.29, 0.717) is 38.6 Å². The van der Waals surface area contributed by atoms with Crippen molar-refractivity contribution in [1.82, 2.24) is 19.4 Å². The molecule has 4 rings (SSSR count). The summed E-state index contributed by atoms with van der Waals surface area (Å²) in [5.74, 6) is 0.0456. The summed E-state index contributed by atoms with van der Waals surface area (Å²) < 4.78 is 12.7. The van der Waals surface area contributed by atoms with E-state index < -0.39 is 0 Å². The van der Waals surface area contributed by atoms with Crippen molar-refractivity contribution in [2.75, 3.05) is 58.0 Å². The number of carbonyl (C=O) groups excluding carboxylic acids is 2. The minimum atomic E-state index is -0.0604. The Morgan fingerprint density at radius 1 is 1.09 bits per heavy atom. The number of ether oxygens (including phenoxy) is 2. The molecule has 0 N–H and O–H groups in total. The average molecular weight is 484 g/mol. The Hall–Kier alpha value is -2.75. The highest BCUT2D eigenvalue weighted by molar-refractivity contribution is 5.95.